The summed E-state index contributed by atoms with van der Waals surface area (Å²) in [5.41, 5.74) is 3.14. The smallest absolute Gasteiger partial charge is 0.487 e. The Hall–Kier alpha value is -3.01. The van der Waals surface area contributed by atoms with Crippen LogP contribution < -0.4 is 19.7 Å². The summed E-state index contributed by atoms with van der Waals surface area (Å²) in [5.74, 6) is 1.30. The van der Waals surface area contributed by atoms with Crippen molar-refractivity contribution in [2.24, 2.45) is 0 Å². The number of nitrogens with one attached hydrogen (secondary N) is 1. The first-order valence-corrected chi connectivity index (χ1v) is 9.80. The molecule has 0 saturated carbocycles. The lowest BCUT2D eigenvalue weighted by Crippen LogP contribution is -2.55. The maximum atomic E-state index is 12.3. The SMILES string of the molecule is FC(F)(F)Oc1ccc(OC2CN(c3c4c(nc5ccnn35)CCNCC4)C2)cc1. The molecule has 0 spiro atoms. The predicted octanol–water partition coefficient (Wildman–Crippen LogP) is 2.58. The number of alkyl halides is 3. The molecule has 0 atom stereocenters. The van der Waals surface area contributed by atoms with E-state index in [9.17, 15) is 13.2 Å². The minimum atomic E-state index is -4.70. The van der Waals surface area contributed by atoms with Crippen LogP contribution in [0.1, 0.15) is 11.3 Å². The number of halogens is 3. The highest BCUT2D eigenvalue weighted by Crippen LogP contribution is 2.31. The van der Waals surface area contributed by atoms with Gasteiger partial charge in [-0.1, -0.05) is 0 Å². The van der Waals surface area contributed by atoms with E-state index in [2.05, 4.69) is 20.1 Å². The van der Waals surface area contributed by atoms with E-state index in [1.165, 1.54) is 29.8 Å². The third-order valence-corrected chi connectivity index (χ3v) is 5.29. The van der Waals surface area contributed by atoms with Crippen LogP contribution >= 0.6 is 0 Å². The summed E-state index contributed by atoms with van der Waals surface area (Å²) in [5, 5.41) is 7.86. The molecular weight excluding hydrogens is 399 g/mol. The highest BCUT2D eigenvalue weighted by atomic mass is 19.4. The quantitative estimate of drug-likeness (QED) is 0.702. The second-order valence-corrected chi connectivity index (χ2v) is 7.38. The Bertz CT molecular complexity index is 1050. The number of hydrogen-bond acceptors (Lipinski definition) is 6. The molecule has 1 saturated heterocycles. The molecule has 0 unspecified atom stereocenters. The van der Waals surface area contributed by atoms with E-state index in [0.29, 0.717) is 18.8 Å². The largest absolute Gasteiger partial charge is 0.573 e. The summed E-state index contributed by atoms with van der Waals surface area (Å²) in [6.07, 6.45) is -1.24. The highest BCUT2D eigenvalue weighted by Gasteiger charge is 2.34. The number of nitrogens with zero attached hydrogens (tertiary/aromatic N) is 4. The van der Waals surface area contributed by atoms with Crippen LogP contribution in [-0.2, 0) is 12.8 Å². The zero-order valence-corrected chi connectivity index (χ0v) is 16.0. The molecule has 158 valence electrons. The average Bonchev–Trinajstić information content (AvgIpc) is 3.00. The van der Waals surface area contributed by atoms with E-state index < -0.39 is 6.36 Å². The van der Waals surface area contributed by atoms with E-state index >= 15 is 0 Å². The molecule has 0 aliphatic carbocycles. The summed E-state index contributed by atoms with van der Waals surface area (Å²) in [6, 6.07) is 7.38. The first-order chi connectivity index (χ1) is 14.5. The van der Waals surface area contributed by atoms with Gasteiger partial charge in [0.1, 0.15) is 23.4 Å². The Morgan fingerprint density at radius 1 is 1.00 bits per heavy atom. The van der Waals surface area contributed by atoms with Crippen LogP contribution in [0.3, 0.4) is 0 Å². The number of aromatic nitrogens is 3. The molecule has 1 N–H and O–H groups in total. The standard InChI is InChI=1S/C20H20F3N5O2/c21-20(22,23)30-14-3-1-13(2-4-14)29-15-11-27(12-15)19-16-5-8-24-9-6-17(16)26-18-7-10-25-28(18)19/h1-4,7,10,15,24H,5-6,8-9,11-12H2. The zero-order chi connectivity index (χ0) is 20.7. The number of ether oxygens (including phenoxy) is 2. The molecule has 0 amide bonds. The van der Waals surface area contributed by atoms with Gasteiger partial charge in [-0.05, 0) is 37.2 Å². The average molecular weight is 419 g/mol. The lowest BCUT2D eigenvalue weighted by molar-refractivity contribution is -0.274. The van der Waals surface area contributed by atoms with Gasteiger partial charge in [-0.3, -0.25) is 0 Å². The van der Waals surface area contributed by atoms with Crippen LogP contribution in [0.4, 0.5) is 19.0 Å². The lowest BCUT2D eigenvalue weighted by atomic mass is 10.1. The van der Waals surface area contributed by atoms with Crippen LogP contribution in [-0.4, -0.2) is 53.2 Å². The van der Waals surface area contributed by atoms with E-state index in [1.54, 1.807) is 6.20 Å². The number of fused-ring (bicyclic) bond motifs is 2. The summed E-state index contributed by atoms with van der Waals surface area (Å²) >= 11 is 0. The molecule has 0 bridgehead atoms. The predicted molar refractivity (Wildman–Crippen MR) is 103 cm³/mol. The Labute approximate surface area is 170 Å². The third-order valence-electron chi connectivity index (χ3n) is 5.29. The maximum absolute atomic E-state index is 12.3. The van der Waals surface area contributed by atoms with Gasteiger partial charge in [0.05, 0.1) is 25.0 Å². The Morgan fingerprint density at radius 3 is 2.50 bits per heavy atom. The molecule has 2 aromatic heterocycles. The minimum Gasteiger partial charge on any atom is -0.487 e. The van der Waals surface area contributed by atoms with Crippen molar-refractivity contribution in [1.82, 2.24) is 19.9 Å². The molecule has 4 heterocycles. The molecular formula is C20H20F3N5O2. The normalized spacial score (nSPS) is 17.4. The molecule has 1 fully saturated rings. The third kappa shape index (κ3) is 3.74. The number of rotatable bonds is 4. The number of benzene rings is 1. The highest BCUT2D eigenvalue weighted by molar-refractivity contribution is 5.59. The van der Waals surface area contributed by atoms with Gasteiger partial charge in [0.15, 0.2) is 5.65 Å². The fraction of sp³-hybridized carbons (Fsp3) is 0.400. The van der Waals surface area contributed by atoms with Crippen LogP contribution in [0.25, 0.3) is 5.65 Å². The molecule has 0 radical (unpaired) electrons. The van der Waals surface area contributed by atoms with Gasteiger partial charge >= 0.3 is 6.36 Å². The first kappa shape index (κ1) is 19.0. The van der Waals surface area contributed by atoms with Crippen LogP contribution in [0.15, 0.2) is 36.5 Å². The van der Waals surface area contributed by atoms with Crippen LogP contribution in [0.5, 0.6) is 11.5 Å². The fourth-order valence-electron chi connectivity index (χ4n) is 3.94. The lowest BCUT2D eigenvalue weighted by Gasteiger charge is -2.41. The van der Waals surface area contributed by atoms with Gasteiger partial charge < -0.3 is 19.7 Å². The van der Waals surface area contributed by atoms with Gasteiger partial charge in [0.25, 0.3) is 0 Å². The summed E-state index contributed by atoms with van der Waals surface area (Å²) in [7, 11) is 0. The molecule has 30 heavy (non-hydrogen) atoms. The Kier molecular flexibility index (Phi) is 4.65. The first-order valence-electron chi connectivity index (χ1n) is 9.80. The molecule has 3 aromatic rings. The molecule has 2 aliphatic heterocycles. The molecule has 5 rings (SSSR count). The summed E-state index contributed by atoms with van der Waals surface area (Å²) < 4.78 is 48.5. The van der Waals surface area contributed by atoms with Crippen LogP contribution in [0, 0.1) is 0 Å². The zero-order valence-electron chi connectivity index (χ0n) is 16.0. The molecule has 1 aromatic carbocycles. The van der Waals surface area contributed by atoms with Crippen molar-refractivity contribution in [1.29, 1.82) is 0 Å². The topological polar surface area (TPSA) is 63.9 Å². The summed E-state index contributed by atoms with van der Waals surface area (Å²) in [6.45, 7) is 3.14. The Morgan fingerprint density at radius 2 is 1.73 bits per heavy atom. The monoisotopic (exact) mass is 419 g/mol. The van der Waals surface area contributed by atoms with Gasteiger partial charge in [-0.15, -0.1) is 13.2 Å². The van der Waals surface area contributed by atoms with E-state index in [1.807, 2.05) is 10.6 Å². The molecule has 7 nitrogen and oxygen atoms in total. The van der Waals surface area contributed by atoms with Gasteiger partial charge in [-0.2, -0.15) is 9.61 Å². The molecule has 10 heteroatoms. The second kappa shape index (κ2) is 7.35. The summed E-state index contributed by atoms with van der Waals surface area (Å²) in [4.78, 5) is 6.99. The number of hydrogen-bond donors (Lipinski definition) is 1. The van der Waals surface area contributed by atoms with Crippen molar-refractivity contribution in [3.63, 3.8) is 0 Å². The van der Waals surface area contributed by atoms with Crippen molar-refractivity contribution in [2.75, 3.05) is 31.1 Å². The second-order valence-electron chi connectivity index (χ2n) is 7.38. The van der Waals surface area contributed by atoms with E-state index in [0.717, 1.165) is 43.1 Å². The van der Waals surface area contributed by atoms with Gasteiger partial charge in [0.2, 0.25) is 0 Å². The number of anilines is 1. The van der Waals surface area contributed by atoms with Crippen molar-refractivity contribution >= 4 is 11.5 Å². The van der Waals surface area contributed by atoms with Crippen molar-refractivity contribution in [3.8, 4) is 11.5 Å². The van der Waals surface area contributed by atoms with Crippen molar-refractivity contribution in [3.05, 3.63) is 47.8 Å². The Balaban J connectivity index is 1.30. The maximum Gasteiger partial charge on any atom is 0.573 e. The minimum absolute atomic E-state index is 0.0577. The fourth-order valence-corrected chi connectivity index (χ4v) is 3.94. The van der Waals surface area contributed by atoms with Crippen LogP contribution in [0.2, 0.25) is 0 Å². The van der Waals surface area contributed by atoms with Gasteiger partial charge in [-0.25, -0.2) is 4.98 Å². The van der Waals surface area contributed by atoms with E-state index in [-0.39, 0.29) is 11.9 Å². The molecule has 2 aliphatic rings. The van der Waals surface area contributed by atoms with Crippen molar-refractivity contribution < 1.29 is 22.6 Å². The van der Waals surface area contributed by atoms with E-state index in [4.69, 9.17) is 9.72 Å². The van der Waals surface area contributed by atoms with Crippen molar-refractivity contribution in [2.45, 2.75) is 25.3 Å². The van der Waals surface area contributed by atoms with Gasteiger partial charge in [0, 0.05) is 24.6 Å².